The first-order valence-corrected chi connectivity index (χ1v) is 7.65. The topological polar surface area (TPSA) is 12.0 Å². The lowest BCUT2D eigenvalue weighted by Gasteiger charge is -2.11. The summed E-state index contributed by atoms with van der Waals surface area (Å²) in [6, 6.07) is 6.86. The van der Waals surface area contributed by atoms with E-state index in [0.29, 0.717) is 0 Å². The van der Waals surface area contributed by atoms with Crippen LogP contribution >= 0.6 is 11.8 Å². The van der Waals surface area contributed by atoms with E-state index in [1.807, 2.05) is 7.05 Å². The van der Waals surface area contributed by atoms with Crippen molar-refractivity contribution in [3.63, 3.8) is 0 Å². The van der Waals surface area contributed by atoms with E-state index in [4.69, 9.17) is 0 Å². The minimum Gasteiger partial charge on any atom is -0.316 e. The summed E-state index contributed by atoms with van der Waals surface area (Å²) < 4.78 is 0. The zero-order valence-corrected chi connectivity index (χ0v) is 11.8. The highest BCUT2D eigenvalue weighted by atomic mass is 32.2. The third kappa shape index (κ3) is 3.75. The molecule has 1 N–H and O–H groups in total. The second-order valence-electron chi connectivity index (χ2n) is 5.09. The first-order chi connectivity index (χ1) is 8.29. The predicted octanol–water partition coefficient (Wildman–Crippen LogP) is 4.00. The first kappa shape index (κ1) is 13.0. The van der Waals surface area contributed by atoms with Gasteiger partial charge in [-0.1, -0.05) is 25.0 Å². The van der Waals surface area contributed by atoms with E-state index >= 15 is 0 Å². The van der Waals surface area contributed by atoms with Gasteiger partial charge in [0.25, 0.3) is 0 Å². The van der Waals surface area contributed by atoms with Crippen LogP contribution in [0.2, 0.25) is 0 Å². The SMILES string of the molecule is CNCc1ccc(SCC2CCCC2)c(C)c1. The molecule has 1 aromatic rings. The minimum absolute atomic E-state index is 0.967. The number of nitrogens with one attached hydrogen (secondary N) is 1. The van der Waals surface area contributed by atoms with Gasteiger partial charge in [-0.2, -0.15) is 0 Å². The van der Waals surface area contributed by atoms with Crippen molar-refractivity contribution in [1.29, 1.82) is 0 Å². The van der Waals surface area contributed by atoms with Gasteiger partial charge < -0.3 is 5.32 Å². The van der Waals surface area contributed by atoms with Crippen LogP contribution in [0.5, 0.6) is 0 Å². The maximum absolute atomic E-state index is 3.20. The molecule has 0 heterocycles. The van der Waals surface area contributed by atoms with Gasteiger partial charge in [-0.15, -0.1) is 11.8 Å². The molecule has 1 aliphatic carbocycles. The molecule has 0 bridgehead atoms. The van der Waals surface area contributed by atoms with E-state index in [9.17, 15) is 0 Å². The average Bonchev–Trinajstić information content (AvgIpc) is 2.81. The first-order valence-electron chi connectivity index (χ1n) is 6.66. The van der Waals surface area contributed by atoms with Gasteiger partial charge in [0, 0.05) is 17.2 Å². The zero-order valence-electron chi connectivity index (χ0n) is 11.0. The number of rotatable bonds is 5. The normalized spacial score (nSPS) is 16.6. The minimum atomic E-state index is 0.967. The van der Waals surface area contributed by atoms with Crippen molar-refractivity contribution >= 4 is 11.8 Å². The molecule has 0 unspecified atom stereocenters. The van der Waals surface area contributed by atoms with Gasteiger partial charge in [0.2, 0.25) is 0 Å². The predicted molar refractivity (Wildman–Crippen MR) is 76.6 cm³/mol. The van der Waals surface area contributed by atoms with Gasteiger partial charge >= 0.3 is 0 Å². The van der Waals surface area contributed by atoms with Gasteiger partial charge in [0.15, 0.2) is 0 Å². The number of benzene rings is 1. The lowest BCUT2D eigenvalue weighted by molar-refractivity contribution is 0.623. The highest BCUT2D eigenvalue weighted by molar-refractivity contribution is 7.99. The lowest BCUT2D eigenvalue weighted by Crippen LogP contribution is -2.05. The molecule has 1 nitrogen and oxygen atoms in total. The van der Waals surface area contributed by atoms with Crippen molar-refractivity contribution < 1.29 is 0 Å². The second-order valence-corrected chi connectivity index (χ2v) is 6.15. The Morgan fingerprint density at radius 1 is 1.29 bits per heavy atom. The summed E-state index contributed by atoms with van der Waals surface area (Å²) in [6.45, 7) is 3.20. The fourth-order valence-electron chi connectivity index (χ4n) is 2.57. The summed E-state index contributed by atoms with van der Waals surface area (Å²) in [5.41, 5.74) is 2.82. The fourth-order valence-corrected chi connectivity index (χ4v) is 3.77. The fraction of sp³-hybridized carbons (Fsp3) is 0.600. The Kier molecular flexibility index (Phi) is 4.93. The molecule has 1 aliphatic rings. The van der Waals surface area contributed by atoms with Crippen LogP contribution in [0.25, 0.3) is 0 Å². The second kappa shape index (κ2) is 6.46. The maximum Gasteiger partial charge on any atom is 0.0202 e. The van der Waals surface area contributed by atoms with E-state index < -0.39 is 0 Å². The molecule has 2 heteroatoms. The molecule has 1 aromatic carbocycles. The highest BCUT2D eigenvalue weighted by Crippen LogP contribution is 2.32. The smallest absolute Gasteiger partial charge is 0.0202 e. The molecule has 2 rings (SSSR count). The Morgan fingerprint density at radius 2 is 2.06 bits per heavy atom. The molecule has 0 atom stereocenters. The van der Waals surface area contributed by atoms with Gasteiger partial charge in [-0.25, -0.2) is 0 Å². The van der Waals surface area contributed by atoms with E-state index in [0.717, 1.165) is 12.5 Å². The molecular formula is C15H23NS. The highest BCUT2D eigenvalue weighted by Gasteiger charge is 2.15. The zero-order chi connectivity index (χ0) is 12.1. The standard InChI is InChI=1S/C15H23NS/c1-12-9-14(10-16-2)7-8-15(12)17-11-13-5-3-4-6-13/h7-9,13,16H,3-6,10-11H2,1-2H3. The summed E-state index contributed by atoms with van der Waals surface area (Å²) in [5.74, 6) is 2.28. The van der Waals surface area contributed by atoms with E-state index in [1.165, 1.54) is 47.5 Å². The van der Waals surface area contributed by atoms with Crippen LogP contribution in [0.3, 0.4) is 0 Å². The van der Waals surface area contributed by atoms with Crippen molar-refractivity contribution in [1.82, 2.24) is 5.32 Å². The molecule has 0 spiro atoms. The summed E-state index contributed by atoms with van der Waals surface area (Å²) in [5, 5.41) is 3.20. The molecule has 0 amide bonds. The van der Waals surface area contributed by atoms with Gasteiger partial charge in [0.1, 0.15) is 0 Å². The Balaban J connectivity index is 1.91. The number of hydrogen-bond donors (Lipinski definition) is 1. The van der Waals surface area contributed by atoms with E-state index in [2.05, 4.69) is 42.2 Å². The largest absolute Gasteiger partial charge is 0.316 e. The number of thioether (sulfide) groups is 1. The molecule has 0 aromatic heterocycles. The molecule has 0 saturated heterocycles. The molecule has 17 heavy (non-hydrogen) atoms. The average molecular weight is 249 g/mol. The monoisotopic (exact) mass is 249 g/mol. The number of hydrogen-bond acceptors (Lipinski definition) is 2. The van der Waals surface area contributed by atoms with Gasteiger partial charge in [0.05, 0.1) is 0 Å². The van der Waals surface area contributed by atoms with Crippen LogP contribution in [0.15, 0.2) is 23.1 Å². The Hall–Kier alpha value is -0.470. The van der Waals surface area contributed by atoms with Gasteiger partial charge in [-0.3, -0.25) is 0 Å². The maximum atomic E-state index is 3.20. The van der Waals surface area contributed by atoms with Crippen molar-refractivity contribution in [3.05, 3.63) is 29.3 Å². The summed E-state index contributed by atoms with van der Waals surface area (Å²) in [7, 11) is 2.00. The molecule has 0 radical (unpaired) electrons. The summed E-state index contributed by atoms with van der Waals surface area (Å²) in [6.07, 6.45) is 5.80. The molecular weight excluding hydrogens is 226 g/mol. The van der Waals surface area contributed by atoms with E-state index in [-0.39, 0.29) is 0 Å². The third-order valence-corrected chi connectivity index (χ3v) is 4.98. The van der Waals surface area contributed by atoms with Crippen LogP contribution in [0, 0.1) is 12.8 Å². The van der Waals surface area contributed by atoms with Gasteiger partial charge in [-0.05, 0) is 49.9 Å². The Morgan fingerprint density at radius 3 is 2.71 bits per heavy atom. The number of aryl methyl sites for hydroxylation is 1. The lowest BCUT2D eigenvalue weighted by atomic mass is 10.1. The summed E-state index contributed by atoms with van der Waals surface area (Å²) in [4.78, 5) is 1.47. The molecule has 1 fully saturated rings. The van der Waals surface area contributed by atoms with Crippen LogP contribution in [-0.2, 0) is 6.54 Å². The van der Waals surface area contributed by atoms with Crippen LogP contribution in [0.4, 0.5) is 0 Å². The molecule has 1 saturated carbocycles. The van der Waals surface area contributed by atoms with E-state index in [1.54, 1.807) is 0 Å². The van der Waals surface area contributed by atoms with Crippen molar-refractivity contribution in [2.24, 2.45) is 5.92 Å². The third-order valence-electron chi connectivity index (χ3n) is 3.57. The molecule has 94 valence electrons. The van der Waals surface area contributed by atoms with Crippen LogP contribution in [0.1, 0.15) is 36.8 Å². The van der Waals surface area contributed by atoms with Crippen molar-refractivity contribution in [2.75, 3.05) is 12.8 Å². The Labute approximate surface area is 109 Å². The van der Waals surface area contributed by atoms with Crippen LogP contribution in [-0.4, -0.2) is 12.8 Å². The van der Waals surface area contributed by atoms with Crippen molar-refractivity contribution in [3.8, 4) is 0 Å². The van der Waals surface area contributed by atoms with Crippen LogP contribution < -0.4 is 5.32 Å². The van der Waals surface area contributed by atoms with Crippen molar-refractivity contribution in [2.45, 2.75) is 44.0 Å². The molecule has 0 aliphatic heterocycles. The quantitative estimate of drug-likeness (QED) is 0.792. The summed E-state index contributed by atoms with van der Waals surface area (Å²) >= 11 is 2.05. The Bertz CT molecular complexity index is 356.